The van der Waals surface area contributed by atoms with E-state index in [0.29, 0.717) is 5.56 Å². The largest absolute Gasteiger partial charge is 0.416 e. The van der Waals surface area contributed by atoms with Crippen LogP contribution >= 0.6 is 0 Å². The number of ketones is 1. The first-order valence-electron chi connectivity index (χ1n) is 7.55. The fourth-order valence-corrected chi connectivity index (χ4v) is 1.96. The average molecular weight is 363 g/mol. The summed E-state index contributed by atoms with van der Waals surface area (Å²) in [5.74, 6) is -0.148. The zero-order valence-electron chi connectivity index (χ0n) is 14.1. The molecule has 0 N–H and O–H groups in total. The van der Waals surface area contributed by atoms with Gasteiger partial charge in [-0.3, -0.25) is 4.79 Å². The molecule has 1 amide bonds. The van der Waals surface area contributed by atoms with Gasteiger partial charge in [-0.25, -0.2) is 4.79 Å². The first-order valence-corrected chi connectivity index (χ1v) is 7.55. The zero-order chi connectivity index (χ0) is 19.3. The van der Waals surface area contributed by atoms with Crippen molar-refractivity contribution in [1.82, 2.24) is 4.90 Å². The Balaban J connectivity index is 2.10. The Hall–Kier alpha value is -3.09. The Morgan fingerprint density at radius 3 is 2.27 bits per heavy atom. The van der Waals surface area contributed by atoms with Gasteiger partial charge in [0.2, 0.25) is 0 Å². The summed E-state index contributed by atoms with van der Waals surface area (Å²) in [6.07, 6.45) is -2.31. The normalized spacial score (nSPS) is 11.4. The number of halogens is 3. The molecule has 0 heterocycles. The van der Waals surface area contributed by atoms with Crippen LogP contribution in [0.4, 0.5) is 18.0 Å². The second-order valence-corrected chi connectivity index (χ2v) is 5.61. The van der Waals surface area contributed by atoms with Gasteiger partial charge in [-0.1, -0.05) is 30.3 Å². The summed E-state index contributed by atoms with van der Waals surface area (Å²) in [5, 5.41) is 0. The Kier molecular flexibility index (Phi) is 5.82. The SMILES string of the molecule is CN(C)C(=O)Oc1cccc(C(=O)C=Cc2ccc(C(F)(F)F)cc2)c1. The summed E-state index contributed by atoms with van der Waals surface area (Å²) >= 11 is 0. The van der Waals surface area contributed by atoms with Gasteiger partial charge in [0, 0.05) is 19.7 Å². The van der Waals surface area contributed by atoms with Crippen molar-refractivity contribution in [2.45, 2.75) is 6.18 Å². The second-order valence-electron chi connectivity index (χ2n) is 5.61. The minimum atomic E-state index is -4.40. The van der Waals surface area contributed by atoms with Crippen LogP contribution in [0.2, 0.25) is 0 Å². The molecule has 0 fully saturated rings. The van der Waals surface area contributed by atoms with E-state index in [1.54, 1.807) is 12.1 Å². The fourth-order valence-electron chi connectivity index (χ4n) is 1.96. The molecule has 0 unspecified atom stereocenters. The van der Waals surface area contributed by atoms with Crippen molar-refractivity contribution < 1.29 is 27.5 Å². The molecular weight excluding hydrogens is 347 g/mol. The Labute approximate surface area is 148 Å². The minimum Gasteiger partial charge on any atom is -0.410 e. The highest BCUT2D eigenvalue weighted by atomic mass is 19.4. The molecule has 0 aliphatic rings. The molecule has 0 aliphatic heterocycles. The molecule has 0 aliphatic carbocycles. The average Bonchev–Trinajstić information content (AvgIpc) is 2.59. The van der Waals surface area contributed by atoms with Crippen LogP contribution in [0.25, 0.3) is 6.08 Å². The first kappa shape index (κ1) is 19.2. The van der Waals surface area contributed by atoms with Gasteiger partial charge in [0.1, 0.15) is 5.75 Å². The van der Waals surface area contributed by atoms with Crippen LogP contribution in [0.5, 0.6) is 5.75 Å². The quantitative estimate of drug-likeness (QED) is 0.586. The van der Waals surface area contributed by atoms with E-state index in [-0.39, 0.29) is 17.1 Å². The first-order chi connectivity index (χ1) is 12.2. The molecule has 2 aromatic carbocycles. The number of allylic oxidation sites excluding steroid dienone is 1. The van der Waals surface area contributed by atoms with E-state index < -0.39 is 17.8 Å². The van der Waals surface area contributed by atoms with E-state index in [0.717, 1.165) is 12.1 Å². The summed E-state index contributed by atoms with van der Waals surface area (Å²) in [4.78, 5) is 25.0. The van der Waals surface area contributed by atoms with E-state index in [4.69, 9.17) is 4.74 Å². The highest BCUT2D eigenvalue weighted by molar-refractivity contribution is 6.07. The number of amides is 1. The van der Waals surface area contributed by atoms with Gasteiger partial charge in [0.05, 0.1) is 5.56 Å². The van der Waals surface area contributed by atoms with Gasteiger partial charge in [-0.05, 0) is 35.9 Å². The topological polar surface area (TPSA) is 46.6 Å². The van der Waals surface area contributed by atoms with Gasteiger partial charge in [-0.15, -0.1) is 0 Å². The molecule has 4 nitrogen and oxygen atoms in total. The van der Waals surface area contributed by atoms with E-state index in [9.17, 15) is 22.8 Å². The lowest BCUT2D eigenvalue weighted by molar-refractivity contribution is -0.137. The highest BCUT2D eigenvalue weighted by Crippen LogP contribution is 2.29. The van der Waals surface area contributed by atoms with Crippen molar-refractivity contribution in [3.63, 3.8) is 0 Å². The molecule has 0 spiro atoms. The standard InChI is InChI=1S/C19H16F3NO3/c1-23(2)18(25)26-16-5-3-4-14(12-16)17(24)11-8-13-6-9-15(10-7-13)19(20,21)22/h3-12H,1-2H3. The molecule has 0 saturated heterocycles. The second kappa shape index (κ2) is 7.86. The Morgan fingerprint density at radius 1 is 1.04 bits per heavy atom. The van der Waals surface area contributed by atoms with Crippen LogP contribution in [0.15, 0.2) is 54.6 Å². The molecule has 0 saturated carbocycles. The number of alkyl halides is 3. The van der Waals surface area contributed by atoms with Crippen molar-refractivity contribution >= 4 is 18.0 Å². The molecule has 0 atom stereocenters. The molecule has 2 aromatic rings. The van der Waals surface area contributed by atoms with Crippen LogP contribution in [0.1, 0.15) is 21.5 Å². The van der Waals surface area contributed by atoms with Gasteiger partial charge < -0.3 is 9.64 Å². The smallest absolute Gasteiger partial charge is 0.410 e. The number of ether oxygens (including phenoxy) is 1. The van der Waals surface area contributed by atoms with Crippen molar-refractivity contribution in [2.24, 2.45) is 0 Å². The van der Waals surface area contributed by atoms with Gasteiger partial charge in [0.15, 0.2) is 5.78 Å². The summed E-state index contributed by atoms with van der Waals surface area (Å²) in [6, 6.07) is 10.5. The molecule has 0 aromatic heterocycles. The predicted molar refractivity (Wildman–Crippen MR) is 91.0 cm³/mol. The number of hydrogen-bond donors (Lipinski definition) is 0. The minimum absolute atomic E-state index is 0.220. The maximum Gasteiger partial charge on any atom is 0.416 e. The lowest BCUT2D eigenvalue weighted by Crippen LogP contribution is -2.25. The predicted octanol–water partition coefficient (Wildman–Crippen LogP) is 4.66. The molecule has 2 rings (SSSR count). The number of carbonyl (C=O) groups is 2. The van der Waals surface area contributed by atoms with Crippen molar-refractivity contribution in [3.8, 4) is 5.75 Å². The fraction of sp³-hybridized carbons (Fsp3) is 0.158. The zero-order valence-corrected chi connectivity index (χ0v) is 14.1. The van der Waals surface area contributed by atoms with Crippen LogP contribution < -0.4 is 4.74 Å². The van der Waals surface area contributed by atoms with Crippen LogP contribution in [0, 0.1) is 0 Å². The highest BCUT2D eigenvalue weighted by Gasteiger charge is 2.29. The van der Waals surface area contributed by atoms with Gasteiger partial charge in [0.25, 0.3) is 0 Å². The number of hydrogen-bond acceptors (Lipinski definition) is 3. The summed E-state index contributed by atoms with van der Waals surface area (Å²) in [7, 11) is 3.06. The third-order valence-corrected chi connectivity index (χ3v) is 3.35. The molecular formula is C19H16F3NO3. The lowest BCUT2D eigenvalue weighted by atomic mass is 10.1. The Bertz CT molecular complexity index is 825. The van der Waals surface area contributed by atoms with Gasteiger partial charge in [-0.2, -0.15) is 13.2 Å². The summed E-state index contributed by atoms with van der Waals surface area (Å²) < 4.78 is 42.6. The van der Waals surface area contributed by atoms with Crippen molar-refractivity contribution in [2.75, 3.05) is 14.1 Å². The molecule has 0 radical (unpaired) electrons. The summed E-state index contributed by atoms with van der Waals surface area (Å²) in [5.41, 5.74) is -0.00450. The van der Waals surface area contributed by atoms with Crippen molar-refractivity contribution in [1.29, 1.82) is 0 Å². The maximum atomic E-state index is 12.5. The van der Waals surface area contributed by atoms with Gasteiger partial charge >= 0.3 is 12.3 Å². The number of carbonyl (C=O) groups excluding carboxylic acids is 2. The third-order valence-electron chi connectivity index (χ3n) is 3.35. The van der Waals surface area contributed by atoms with Crippen LogP contribution in [-0.4, -0.2) is 30.9 Å². The molecule has 0 bridgehead atoms. The molecule has 7 heteroatoms. The van der Waals surface area contributed by atoms with Crippen LogP contribution in [0.3, 0.4) is 0 Å². The monoisotopic (exact) mass is 363 g/mol. The Morgan fingerprint density at radius 2 is 1.69 bits per heavy atom. The van der Waals surface area contributed by atoms with E-state index >= 15 is 0 Å². The van der Waals surface area contributed by atoms with E-state index in [1.807, 2.05) is 0 Å². The molecule has 136 valence electrons. The summed E-state index contributed by atoms with van der Waals surface area (Å²) in [6.45, 7) is 0. The molecule has 26 heavy (non-hydrogen) atoms. The third kappa shape index (κ3) is 5.20. The maximum absolute atomic E-state index is 12.5. The van der Waals surface area contributed by atoms with Crippen molar-refractivity contribution in [3.05, 3.63) is 71.3 Å². The number of nitrogens with zero attached hydrogens (tertiary/aromatic N) is 1. The van der Waals surface area contributed by atoms with E-state index in [2.05, 4.69) is 0 Å². The van der Waals surface area contributed by atoms with E-state index in [1.165, 1.54) is 55.4 Å². The number of rotatable bonds is 4. The number of benzene rings is 2. The lowest BCUT2D eigenvalue weighted by Gasteiger charge is -2.10. The van der Waals surface area contributed by atoms with Crippen LogP contribution in [-0.2, 0) is 6.18 Å².